The summed E-state index contributed by atoms with van der Waals surface area (Å²) in [6.45, 7) is 5.42. The van der Waals surface area contributed by atoms with Gasteiger partial charge in [0.25, 0.3) is 5.91 Å². The molecule has 1 aromatic rings. The van der Waals surface area contributed by atoms with E-state index in [1.807, 2.05) is 20.8 Å². The van der Waals surface area contributed by atoms with Crippen molar-refractivity contribution in [2.45, 2.75) is 33.2 Å². The van der Waals surface area contributed by atoms with Crippen LogP contribution in [0.5, 0.6) is 0 Å². The highest BCUT2D eigenvalue weighted by Crippen LogP contribution is 2.13. The summed E-state index contributed by atoms with van der Waals surface area (Å²) in [5, 5.41) is 2.72. The lowest BCUT2D eigenvalue weighted by molar-refractivity contribution is -0.124. The summed E-state index contributed by atoms with van der Waals surface area (Å²) < 4.78 is 4.92. The van der Waals surface area contributed by atoms with Crippen LogP contribution in [0.2, 0.25) is 0 Å². The molecular formula is C14H20N2O3. The van der Waals surface area contributed by atoms with Crippen molar-refractivity contribution in [2.75, 3.05) is 12.3 Å². The average Bonchev–Trinajstić information content (AvgIpc) is 2.39. The Morgan fingerprint density at radius 3 is 2.68 bits per heavy atom. The fourth-order valence-corrected chi connectivity index (χ4v) is 1.40. The van der Waals surface area contributed by atoms with Gasteiger partial charge in [-0.1, -0.05) is 13.0 Å². The van der Waals surface area contributed by atoms with E-state index in [4.69, 9.17) is 10.5 Å². The van der Waals surface area contributed by atoms with Crippen molar-refractivity contribution < 1.29 is 14.3 Å². The number of amides is 1. The van der Waals surface area contributed by atoms with E-state index in [1.165, 1.54) is 0 Å². The van der Waals surface area contributed by atoms with Crippen molar-refractivity contribution in [2.24, 2.45) is 0 Å². The zero-order valence-corrected chi connectivity index (χ0v) is 11.5. The van der Waals surface area contributed by atoms with E-state index >= 15 is 0 Å². The quantitative estimate of drug-likeness (QED) is 0.626. The molecule has 1 unspecified atom stereocenters. The number of ether oxygens (including phenoxy) is 1. The van der Waals surface area contributed by atoms with Gasteiger partial charge < -0.3 is 15.8 Å². The number of hydrogen-bond acceptors (Lipinski definition) is 4. The van der Waals surface area contributed by atoms with Gasteiger partial charge in [0.05, 0.1) is 5.56 Å². The third-order valence-corrected chi connectivity index (χ3v) is 2.87. The predicted octanol–water partition coefficient (Wildman–Crippen LogP) is 1.65. The van der Waals surface area contributed by atoms with Gasteiger partial charge in [-0.15, -0.1) is 0 Å². The fraction of sp³-hybridized carbons (Fsp3) is 0.429. The molecule has 5 heteroatoms. The van der Waals surface area contributed by atoms with E-state index < -0.39 is 5.97 Å². The van der Waals surface area contributed by atoms with Gasteiger partial charge in [-0.25, -0.2) is 4.79 Å². The second-order valence-electron chi connectivity index (χ2n) is 4.52. The molecule has 1 amide bonds. The number of nitrogens with two attached hydrogens (primary N) is 1. The first-order valence-electron chi connectivity index (χ1n) is 6.26. The predicted molar refractivity (Wildman–Crippen MR) is 73.8 cm³/mol. The normalized spacial score (nSPS) is 11.7. The number of aryl methyl sites for hydroxylation is 1. The van der Waals surface area contributed by atoms with E-state index in [0.29, 0.717) is 11.3 Å². The summed E-state index contributed by atoms with van der Waals surface area (Å²) in [7, 11) is 0. The zero-order valence-electron chi connectivity index (χ0n) is 11.5. The van der Waals surface area contributed by atoms with Gasteiger partial charge in [-0.3, -0.25) is 4.79 Å². The number of anilines is 1. The lowest BCUT2D eigenvalue weighted by Gasteiger charge is -2.11. The van der Waals surface area contributed by atoms with Crippen LogP contribution in [0.1, 0.15) is 36.2 Å². The van der Waals surface area contributed by atoms with Crippen LogP contribution in [-0.2, 0) is 9.53 Å². The number of esters is 1. The highest BCUT2D eigenvalue weighted by Gasteiger charge is 2.12. The average molecular weight is 264 g/mol. The Kier molecular flexibility index (Phi) is 5.36. The minimum atomic E-state index is -0.550. The molecule has 0 saturated carbocycles. The fourth-order valence-electron chi connectivity index (χ4n) is 1.40. The minimum absolute atomic E-state index is 0.0706. The van der Waals surface area contributed by atoms with Gasteiger partial charge in [0, 0.05) is 11.7 Å². The van der Waals surface area contributed by atoms with Gasteiger partial charge in [0.1, 0.15) is 0 Å². The molecule has 1 aromatic carbocycles. The van der Waals surface area contributed by atoms with Crippen LogP contribution in [0.4, 0.5) is 5.69 Å². The van der Waals surface area contributed by atoms with E-state index in [9.17, 15) is 9.59 Å². The monoisotopic (exact) mass is 264 g/mol. The van der Waals surface area contributed by atoms with Crippen LogP contribution >= 0.6 is 0 Å². The minimum Gasteiger partial charge on any atom is -0.452 e. The van der Waals surface area contributed by atoms with Crippen LogP contribution in [-0.4, -0.2) is 24.5 Å². The van der Waals surface area contributed by atoms with Crippen LogP contribution in [0, 0.1) is 6.92 Å². The number of hydrogen-bond donors (Lipinski definition) is 2. The second kappa shape index (κ2) is 6.78. The van der Waals surface area contributed by atoms with E-state index in [1.54, 1.807) is 18.2 Å². The molecule has 0 aliphatic heterocycles. The lowest BCUT2D eigenvalue weighted by Crippen LogP contribution is -2.35. The molecule has 1 rings (SSSR count). The standard InChI is InChI=1S/C14H20N2O3/c1-4-10(3)16-13(17)8-19-14(18)11-6-5-9(2)12(15)7-11/h5-7,10H,4,8,15H2,1-3H3,(H,16,17). The van der Waals surface area contributed by atoms with Gasteiger partial charge in [0.15, 0.2) is 6.61 Å². The Morgan fingerprint density at radius 2 is 2.11 bits per heavy atom. The summed E-state index contributed by atoms with van der Waals surface area (Å²) in [4.78, 5) is 23.2. The topological polar surface area (TPSA) is 81.4 Å². The molecule has 104 valence electrons. The summed E-state index contributed by atoms with van der Waals surface area (Å²) in [6.07, 6.45) is 0.828. The molecule has 0 radical (unpaired) electrons. The Balaban J connectivity index is 2.51. The first kappa shape index (κ1) is 15.0. The number of nitrogens with one attached hydrogen (secondary N) is 1. The molecule has 0 heterocycles. The number of rotatable bonds is 5. The van der Waals surface area contributed by atoms with Gasteiger partial charge in [-0.05, 0) is 38.0 Å². The van der Waals surface area contributed by atoms with E-state index in [-0.39, 0.29) is 18.6 Å². The maximum absolute atomic E-state index is 11.7. The van der Waals surface area contributed by atoms with Crippen LogP contribution in [0.3, 0.4) is 0 Å². The lowest BCUT2D eigenvalue weighted by atomic mass is 10.1. The Bertz CT molecular complexity index is 472. The second-order valence-corrected chi connectivity index (χ2v) is 4.52. The molecule has 0 aliphatic carbocycles. The van der Waals surface area contributed by atoms with E-state index in [0.717, 1.165) is 12.0 Å². The molecular weight excluding hydrogens is 244 g/mol. The van der Waals surface area contributed by atoms with E-state index in [2.05, 4.69) is 5.32 Å². The molecule has 19 heavy (non-hydrogen) atoms. The molecule has 0 saturated heterocycles. The van der Waals surface area contributed by atoms with Crippen LogP contribution in [0.15, 0.2) is 18.2 Å². The summed E-state index contributed by atoms with van der Waals surface area (Å²) >= 11 is 0. The summed E-state index contributed by atoms with van der Waals surface area (Å²) in [5.74, 6) is -0.853. The molecule has 0 aliphatic rings. The number of carbonyl (C=O) groups excluding carboxylic acids is 2. The molecule has 0 fully saturated rings. The van der Waals surface area contributed by atoms with Crippen molar-refractivity contribution in [3.05, 3.63) is 29.3 Å². The highest BCUT2D eigenvalue weighted by atomic mass is 16.5. The molecule has 0 spiro atoms. The molecule has 1 atom stereocenters. The molecule has 0 aromatic heterocycles. The van der Waals surface area contributed by atoms with Crippen molar-refractivity contribution >= 4 is 17.6 Å². The first-order valence-corrected chi connectivity index (χ1v) is 6.26. The zero-order chi connectivity index (χ0) is 14.4. The summed E-state index contributed by atoms with van der Waals surface area (Å²) in [6, 6.07) is 4.98. The van der Waals surface area contributed by atoms with Gasteiger partial charge in [-0.2, -0.15) is 0 Å². The van der Waals surface area contributed by atoms with Crippen molar-refractivity contribution in [3.8, 4) is 0 Å². The Labute approximate surface area is 113 Å². The number of nitrogen functional groups attached to an aromatic ring is 1. The SMILES string of the molecule is CCC(C)NC(=O)COC(=O)c1ccc(C)c(N)c1. The molecule has 3 N–H and O–H groups in total. The first-order chi connectivity index (χ1) is 8.93. The maximum Gasteiger partial charge on any atom is 0.338 e. The number of carbonyl (C=O) groups is 2. The smallest absolute Gasteiger partial charge is 0.338 e. The van der Waals surface area contributed by atoms with Crippen LogP contribution < -0.4 is 11.1 Å². The largest absolute Gasteiger partial charge is 0.452 e. The summed E-state index contributed by atoms with van der Waals surface area (Å²) in [5.41, 5.74) is 7.48. The van der Waals surface area contributed by atoms with Crippen molar-refractivity contribution in [1.82, 2.24) is 5.32 Å². The molecule has 5 nitrogen and oxygen atoms in total. The van der Waals surface area contributed by atoms with Gasteiger partial charge in [0.2, 0.25) is 0 Å². The van der Waals surface area contributed by atoms with Gasteiger partial charge >= 0.3 is 5.97 Å². The van der Waals surface area contributed by atoms with Crippen molar-refractivity contribution in [1.29, 1.82) is 0 Å². The number of benzene rings is 1. The Morgan fingerprint density at radius 1 is 1.42 bits per heavy atom. The third-order valence-electron chi connectivity index (χ3n) is 2.87. The van der Waals surface area contributed by atoms with Crippen LogP contribution in [0.25, 0.3) is 0 Å². The third kappa shape index (κ3) is 4.62. The maximum atomic E-state index is 11.7. The Hall–Kier alpha value is -2.04. The molecule has 0 bridgehead atoms. The van der Waals surface area contributed by atoms with Crippen molar-refractivity contribution in [3.63, 3.8) is 0 Å². The highest BCUT2D eigenvalue weighted by molar-refractivity contribution is 5.92.